The average Bonchev–Trinajstić information content (AvgIpc) is 2.70. The van der Waals surface area contributed by atoms with Crippen LogP contribution in [0.2, 0.25) is 18.6 Å². The van der Waals surface area contributed by atoms with Crippen molar-refractivity contribution in [1.82, 2.24) is 0 Å². The zero-order valence-electron chi connectivity index (χ0n) is 14.9. The lowest BCUT2D eigenvalue weighted by atomic mass is 9.69. The molecule has 0 aromatic heterocycles. The smallest absolute Gasteiger partial charge is 0.220 e. The fourth-order valence-electron chi connectivity index (χ4n) is 4.37. The Morgan fingerprint density at radius 2 is 2.17 bits per heavy atom. The number of nitriles is 1. The van der Waals surface area contributed by atoms with Crippen molar-refractivity contribution in [2.24, 2.45) is 11.3 Å². The molecule has 1 saturated heterocycles. The van der Waals surface area contributed by atoms with E-state index >= 15 is 0 Å². The van der Waals surface area contributed by atoms with Crippen LogP contribution in [0.4, 0.5) is 0 Å². The van der Waals surface area contributed by atoms with Gasteiger partial charge in [-0.15, -0.1) is 0 Å². The zero-order valence-corrected chi connectivity index (χ0v) is 17.6. The number of fused-ring (bicyclic) bond motifs is 1. The van der Waals surface area contributed by atoms with Crippen molar-refractivity contribution in [3.63, 3.8) is 0 Å². The zero-order chi connectivity index (χ0) is 17.3. The maximum absolute atomic E-state index is 9.06. The molecule has 6 heteroatoms. The molecule has 0 amide bonds. The standard InChI is InChI=1S/C17H29NO2S2Si/c1-6-19-16(21)22-15-14-12(9-10-17(15,2)3)20-23(4,5)13(14)8-7-11-18/h12-15H,6-10H2,1-5H3/t12-,13-,14+,15+/m0/s1. The lowest BCUT2D eigenvalue weighted by Crippen LogP contribution is -2.45. The highest BCUT2D eigenvalue weighted by atomic mass is 32.2. The van der Waals surface area contributed by atoms with E-state index in [9.17, 15) is 0 Å². The van der Waals surface area contributed by atoms with Crippen LogP contribution in [0.3, 0.4) is 0 Å². The predicted molar refractivity (Wildman–Crippen MR) is 103 cm³/mol. The first-order valence-corrected chi connectivity index (χ1v) is 12.9. The lowest BCUT2D eigenvalue weighted by Gasteiger charge is -2.46. The van der Waals surface area contributed by atoms with E-state index in [4.69, 9.17) is 26.6 Å². The number of nitrogens with zero attached hydrogens (tertiary/aromatic N) is 1. The van der Waals surface area contributed by atoms with E-state index in [0.717, 1.165) is 19.3 Å². The second-order valence-electron chi connectivity index (χ2n) is 7.89. The number of hydrogen-bond donors (Lipinski definition) is 0. The highest BCUT2D eigenvalue weighted by Gasteiger charge is 2.58. The number of rotatable bonds is 4. The van der Waals surface area contributed by atoms with Crippen LogP contribution in [0.1, 0.15) is 46.5 Å². The van der Waals surface area contributed by atoms with Crippen LogP contribution in [0.25, 0.3) is 0 Å². The van der Waals surface area contributed by atoms with Crippen LogP contribution < -0.4 is 0 Å². The van der Waals surface area contributed by atoms with E-state index in [1.54, 1.807) is 11.8 Å². The van der Waals surface area contributed by atoms with Gasteiger partial charge in [0.05, 0.1) is 12.7 Å². The summed E-state index contributed by atoms with van der Waals surface area (Å²) < 4.78 is 12.8. The minimum atomic E-state index is -1.76. The first kappa shape index (κ1) is 19.2. The van der Waals surface area contributed by atoms with Crippen molar-refractivity contribution in [2.45, 2.75) is 76.4 Å². The predicted octanol–water partition coefficient (Wildman–Crippen LogP) is 5.12. The maximum atomic E-state index is 9.06. The fourth-order valence-corrected chi connectivity index (χ4v) is 9.69. The summed E-state index contributed by atoms with van der Waals surface area (Å²) in [6, 6.07) is 2.33. The summed E-state index contributed by atoms with van der Waals surface area (Å²) in [6.45, 7) is 12.0. The third-order valence-corrected chi connectivity index (χ3v) is 10.8. The van der Waals surface area contributed by atoms with Gasteiger partial charge in [-0.2, -0.15) is 5.26 Å². The first-order valence-electron chi connectivity index (χ1n) is 8.61. The Balaban J connectivity index is 2.27. The van der Waals surface area contributed by atoms with Crippen LogP contribution in [0.5, 0.6) is 0 Å². The van der Waals surface area contributed by atoms with Crippen LogP contribution >= 0.6 is 24.0 Å². The van der Waals surface area contributed by atoms with E-state index in [2.05, 4.69) is 33.0 Å². The molecule has 1 aliphatic heterocycles. The van der Waals surface area contributed by atoms with Crippen molar-refractivity contribution in [1.29, 1.82) is 5.26 Å². The van der Waals surface area contributed by atoms with E-state index in [1.807, 2.05) is 6.92 Å². The molecule has 3 nitrogen and oxygen atoms in total. The summed E-state index contributed by atoms with van der Waals surface area (Å²) in [4.78, 5) is 0. The second kappa shape index (κ2) is 7.43. The number of thioether (sulfide) groups is 1. The average molecular weight is 372 g/mol. The Labute approximate surface area is 151 Å². The summed E-state index contributed by atoms with van der Waals surface area (Å²) in [7, 11) is -1.76. The van der Waals surface area contributed by atoms with E-state index in [1.165, 1.54) is 0 Å². The van der Waals surface area contributed by atoms with Gasteiger partial charge >= 0.3 is 0 Å². The topological polar surface area (TPSA) is 42.2 Å². The molecule has 2 fully saturated rings. The Hall–Kier alpha value is -0.0931. The normalized spacial score (nSPS) is 34.4. The molecule has 0 spiro atoms. The molecular weight excluding hydrogens is 342 g/mol. The molecule has 1 aliphatic carbocycles. The van der Waals surface area contributed by atoms with Crippen LogP contribution in [0, 0.1) is 22.7 Å². The Bertz CT molecular complexity index is 489. The molecule has 2 rings (SSSR count). The Morgan fingerprint density at radius 3 is 2.78 bits per heavy atom. The minimum Gasteiger partial charge on any atom is -0.479 e. The number of ether oxygens (including phenoxy) is 1. The molecule has 1 saturated carbocycles. The van der Waals surface area contributed by atoms with Gasteiger partial charge in [0.2, 0.25) is 4.38 Å². The Morgan fingerprint density at radius 1 is 1.48 bits per heavy atom. The summed E-state index contributed by atoms with van der Waals surface area (Å²) >= 11 is 7.17. The van der Waals surface area contributed by atoms with Crippen molar-refractivity contribution in [2.75, 3.05) is 6.61 Å². The van der Waals surface area contributed by atoms with Crippen LogP contribution in [0.15, 0.2) is 0 Å². The van der Waals surface area contributed by atoms with E-state index < -0.39 is 8.32 Å². The second-order valence-corrected chi connectivity index (χ2v) is 13.8. The van der Waals surface area contributed by atoms with E-state index in [-0.39, 0.29) is 5.41 Å². The summed E-state index contributed by atoms with van der Waals surface area (Å²) in [5, 5.41) is 9.47. The van der Waals surface area contributed by atoms with Crippen molar-refractivity contribution in [3.05, 3.63) is 0 Å². The monoisotopic (exact) mass is 371 g/mol. The molecule has 0 radical (unpaired) electrons. The van der Waals surface area contributed by atoms with Crippen LogP contribution in [-0.4, -0.2) is 30.7 Å². The molecule has 0 N–H and O–H groups in total. The highest BCUT2D eigenvalue weighted by Crippen LogP contribution is 2.58. The summed E-state index contributed by atoms with van der Waals surface area (Å²) in [5.41, 5.74) is 0.754. The van der Waals surface area contributed by atoms with Gasteiger partial charge in [-0.25, -0.2) is 0 Å². The maximum Gasteiger partial charge on any atom is 0.220 e. The molecule has 0 aromatic rings. The molecule has 0 unspecified atom stereocenters. The highest BCUT2D eigenvalue weighted by molar-refractivity contribution is 8.23. The van der Waals surface area contributed by atoms with Gasteiger partial charge < -0.3 is 9.16 Å². The van der Waals surface area contributed by atoms with Crippen molar-refractivity contribution < 1.29 is 9.16 Å². The molecule has 1 heterocycles. The lowest BCUT2D eigenvalue weighted by molar-refractivity contribution is 0.0735. The van der Waals surface area contributed by atoms with E-state index in [0.29, 0.717) is 40.2 Å². The van der Waals surface area contributed by atoms with Gasteiger partial charge in [0.1, 0.15) is 0 Å². The van der Waals surface area contributed by atoms with Gasteiger partial charge in [0.25, 0.3) is 0 Å². The molecule has 23 heavy (non-hydrogen) atoms. The SMILES string of the molecule is CCOC(=S)S[C@@H]1[C@@H]2[C@H](CCC1(C)C)O[Si](C)(C)[C@H]2CCC#N. The molecule has 2 aliphatic rings. The third kappa shape index (κ3) is 4.12. The minimum absolute atomic E-state index is 0.218. The summed E-state index contributed by atoms with van der Waals surface area (Å²) in [5.74, 6) is 0.497. The first-order chi connectivity index (χ1) is 10.7. The number of thiocarbonyl (C=S) groups is 1. The van der Waals surface area contributed by atoms with Crippen LogP contribution in [-0.2, 0) is 9.16 Å². The van der Waals surface area contributed by atoms with Gasteiger partial charge in [-0.1, -0.05) is 25.6 Å². The largest absolute Gasteiger partial charge is 0.479 e. The van der Waals surface area contributed by atoms with Gasteiger partial charge in [0, 0.05) is 17.8 Å². The molecular formula is C17H29NO2S2Si. The van der Waals surface area contributed by atoms with Crippen molar-refractivity contribution in [3.8, 4) is 6.07 Å². The van der Waals surface area contributed by atoms with Gasteiger partial charge in [-0.05, 0) is 68.4 Å². The Kier molecular flexibility index (Phi) is 6.21. The third-order valence-electron chi connectivity index (χ3n) is 5.49. The quantitative estimate of drug-likeness (QED) is 0.506. The molecule has 130 valence electrons. The summed E-state index contributed by atoms with van der Waals surface area (Å²) in [6.07, 6.45) is 4.23. The number of hydrogen-bond acceptors (Lipinski definition) is 5. The van der Waals surface area contributed by atoms with Gasteiger partial charge in [-0.3, -0.25) is 0 Å². The van der Waals surface area contributed by atoms with Gasteiger partial charge in [0.15, 0.2) is 8.32 Å². The molecule has 4 atom stereocenters. The molecule has 0 aromatic carbocycles. The molecule has 0 bridgehead atoms. The van der Waals surface area contributed by atoms with Crippen molar-refractivity contribution >= 4 is 36.7 Å². The fraction of sp³-hybridized carbons (Fsp3) is 0.882.